The Balaban J connectivity index is 1.76. The fourth-order valence-corrected chi connectivity index (χ4v) is 4.49. The summed E-state index contributed by atoms with van der Waals surface area (Å²) in [5.74, 6) is 0.538. The topological polar surface area (TPSA) is 101 Å². The van der Waals surface area contributed by atoms with Gasteiger partial charge in [0.1, 0.15) is 17.3 Å². The maximum atomic E-state index is 12.4. The lowest BCUT2D eigenvalue weighted by Gasteiger charge is -2.12. The number of sulfone groups is 1. The third-order valence-corrected chi connectivity index (χ3v) is 5.74. The van der Waals surface area contributed by atoms with E-state index in [1.165, 1.54) is 6.07 Å². The highest BCUT2D eigenvalue weighted by molar-refractivity contribution is 7.91. The van der Waals surface area contributed by atoms with Crippen LogP contribution in [0.2, 0.25) is 5.02 Å². The molecule has 2 heterocycles. The fraction of sp³-hybridized carbons (Fsp3) is 0.312. The van der Waals surface area contributed by atoms with Crippen molar-refractivity contribution in [3.8, 4) is 0 Å². The number of rotatable bonds is 4. The normalized spacial score (nSPS) is 18.7. The van der Waals surface area contributed by atoms with Crippen LogP contribution < -0.4 is 10.6 Å². The van der Waals surface area contributed by atoms with E-state index in [1.54, 1.807) is 25.1 Å². The Hall–Kier alpha value is -2.19. The van der Waals surface area contributed by atoms with Crippen molar-refractivity contribution in [2.24, 2.45) is 0 Å². The van der Waals surface area contributed by atoms with Gasteiger partial charge in [-0.3, -0.25) is 4.79 Å². The standard InChI is InChI=1S/C16H17ClN4O3S/c1-10-18-14(16(22)21-13-5-6-25(23,24)9-13)8-15(19-10)20-12-4-2-3-11(17)7-12/h2-4,7-8,13H,5-6,9H2,1H3,(H,21,22)(H,18,19,20). The third-order valence-electron chi connectivity index (χ3n) is 3.74. The molecule has 7 nitrogen and oxygen atoms in total. The molecule has 3 rings (SSSR count). The highest BCUT2D eigenvalue weighted by atomic mass is 35.5. The van der Waals surface area contributed by atoms with E-state index in [0.717, 1.165) is 5.69 Å². The van der Waals surface area contributed by atoms with Crippen molar-refractivity contribution in [3.05, 3.63) is 46.9 Å². The number of hydrogen-bond acceptors (Lipinski definition) is 6. The van der Waals surface area contributed by atoms with Crippen LogP contribution in [0.4, 0.5) is 11.5 Å². The van der Waals surface area contributed by atoms with E-state index in [-0.39, 0.29) is 23.2 Å². The molecule has 1 unspecified atom stereocenters. The lowest BCUT2D eigenvalue weighted by molar-refractivity contribution is 0.0935. The number of halogens is 1. The van der Waals surface area contributed by atoms with Crippen molar-refractivity contribution < 1.29 is 13.2 Å². The molecule has 1 aliphatic heterocycles. The van der Waals surface area contributed by atoms with Gasteiger partial charge in [-0.1, -0.05) is 17.7 Å². The molecule has 2 aromatic rings. The zero-order valence-corrected chi connectivity index (χ0v) is 15.1. The number of hydrogen-bond donors (Lipinski definition) is 2. The SMILES string of the molecule is Cc1nc(Nc2cccc(Cl)c2)cc(C(=O)NC2CCS(=O)(=O)C2)n1. The molecule has 1 aromatic heterocycles. The number of aryl methyl sites for hydroxylation is 1. The number of carbonyl (C=O) groups is 1. The molecule has 132 valence electrons. The van der Waals surface area contributed by atoms with Gasteiger partial charge in [0.25, 0.3) is 5.91 Å². The van der Waals surface area contributed by atoms with E-state index in [0.29, 0.717) is 23.1 Å². The van der Waals surface area contributed by atoms with Gasteiger partial charge in [-0.2, -0.15) is 0 Å². The lowest BCUT2D eigenvalue weighted by Crippen LogP contribution is -2.36. The van der Waals surface area contributed by atoms with Crippen LogP contribution in [-0.2, 0) is 9.84 Å². The lowest BCUT2D eigenvalue weighted by atomic mass is 10.2. The molecule has 1 saturated heterocycles. The first-order valence-corrected chi connectivity index (χ1v) is 9.90. The van der Waals surface area contributed by atoms with E-state index in [4.69, 9.17) is 11.6 Å². The minimum Gasteiger partial charge on any atom is -0.347 e. The molecule has 0 saturated carbocycles. The summed E-state index contributed by atoms with van der Waals surface area (Å²) in [6.45, 7) is 1.68. The monoisotopic (exact) mass is 380 g/mol. The molecule has 0 radical (unpaired) electrons. The Morgan fingerprint density at radius 2 is 2.08 bits per heavy atom. The van der Waals surface area contributed by atoms with Crippen LogP contribution in [0.1, 0.15) is 22.7 Å². The summed E-state index contributed by atoms with van der Waals surface area (Å²) in [6.07, 6.45) is 0.422. The maximum Gasteiger partial charge on any atom is 0.270 e. The molecule has 25 heavy (non-hydrogen) atoms. The van der Waals surface area contributed by atoms with E-state index in [1.807, 2.05) is 6.07 Å². The highest BCUT2D eigenvalue weighted by Crippen LogP contribution is 2.19. The molecule has 0 aliphatic carbocycles. The van der Waals surface area contributed by atoms with Crippen LogP contribution in [-0.4, -0.2) is 41.8 Å². The van der Waals surface area contributed by atoms with Crippen LogP contribution in [0, 0.1) is 6.92 Å². The number of amides is 1. The van der Waals surface area contributed by atoms with Gasteiger partial charge >= 0.3 is 0 Å². The van der Waals surface area contributed by atoms with Crippen molar-refractivity contribution >= 4 is 38.9 Å². The number of benzene rings is 1. The van der Waals surface area contributed by atoms with Gasteiger partial charge in [-0.15, -0.1) is 0 Å². The second-order valence-corrected chi connectivity index (χ2v) is 8.56. The maximum absolute atomic E-state index is 12.4. The summed E-state index contributed by atoms with van der Waals surface area (Å²) in [5, 5.41) is 6.38. The number of anilines is 2. The fourth-order valence-electron chi connectivity index (χ4n) is 2.63. The highest BCUT2D eigenvalue weighted by Gasteiger charge is 2.29. The van der Waals surface area contributed by atoms with E-state index >= 15 is 0 Å². The Labute approximate surface area is 150 Å². The van der Waals surface area contributed by atoms with Gasteiger partial charge in [0.15, 0.2) is 9.84 Å². The van der Waals surface area contributed by atoms with E-state index in [2.05, 4.69) is 20.6 Å². The van der Waals surface area contributed by atoms with E-state index in [9.17, 15) is 13.2 Å². The molecule has 9 heteroatoms. The van der Waals surface area contributed by atoms with Gasteiger partial charge in [0, 0.05) is 22.8 Å². The average Bonchev–Trinajstić information content (AvgIpc) is 2.85. The van der Waals surface area contributed by atoms with Crippen molar-refractivity contribution in [2.75, 3.05) is 16.8 Å². The molecule has 1 atom stereocenters. The summed E-state index contributed by atoms with van der Waals surface area (Å²) in [7, 11) is -3.06. The van der Waals surface area contributed by atoms with Crippen molar-refractivity contribution in [1.82, 2.24) is 15.3 Å². The summed E-state index contributed by atoms with van der Waals surface area (Å²) >= 11 is 5.96. The number of aromatic nitrogens is 2. The van der Waals surface area contributed by atoms with Crippen LogP contribution in [0.25, 0.3) is 0 Å². The molecule has 0 spiro atoms. The minimum absolute atomic E-state index is 0.0313. The Morgan fingerprint density at radius 3 is 2.76 bits per heavy atom. The number of carbonyl (C=O) groups excluding carboxylic acids is 1. The third kappa shape index (κ3) is 4.67. The number of nitrogens with zero attached hydrogens (tertiary/aromatic N) is 2. The molecular formula is C16H17ClN4O3S. The first kappa shape index (κ1) is 17.6. The zero-order chi connectivity index (χ0) is 18.0. The van der Waals surface area contributed by atoms with Crippen molar-refractivity contribution in [2.45, 2.75) is 19.4 Å². The Bertz CT molecular complexity index is 917. The van der Waals surface area contributed by atoms with Crippen LogP contribution in [0.15, 0.2) is 30.3 Å². The quantitative estimate of drug-likeness (QED) is 0.842. The second kappa shape index (κ2) is 6.97. The van der Waals surface area contributed by atoms with E-state index < -0.39 is 15.7 Å². The summed E-state index contributed by atoms with van der Waals surface area (Å²) in [4.78, 5) is 20.8. The van der Waals surface area contributed by atoms with Gasteiger partial charge in [0.2, 0.25) is 0 Å². The molecule has 2 N–H and O–H groups in total. The predicted octanol–water partition coefficient (Wildman–Crippen LogP) is 2.10. The van der Waals surface area contributed by atoms with Gasteiger partial charge in [0.05, 0.1) is 11.5 Å². The largest absolute Gasteiger partial charge is 0.347 e. The Kier molecular flexibility index (Phi) is 4.91. The summed E-state index contributed by atoms with van der Waals surface area (Å²) in [5.41, 5.74) is 0.917. The van der Waals surface area contributed by atoms with Crippen LogP contribution in [0.5, 0.6) is 0 Å². The average molecular weight is 381 g/mol. The van der Waals surface area contributed by atoms with Crippen molar-refractivity contribution in [3.63, 3.8) is 0 Å². The van der Waals surface area contributed by atoms with Gasteiger partial charge in [-0.25, -0.2) is 18.4 Å². The summed E-state index contributed by atoms with van der Waals surface area (Å²) in [6, 6.07) is 8.26. The smallest absolute Gasteiger partial charge is 0.270 e. The zero-order valence-electron chi connectivity index (χ0n) is 13.5. The predicted molar refractivity (Wildman–Crippen MR) is 96.0 cm³/mol. The van der Waals surface area contributed by atoms with Crippen LogP contribution in [0.3, 0.4) is 0 Å². The van der Waals surface area contributed by atoms with Gasteiger partial charge in [-0.05, 0) is 31.5 Å². The molecule has 0 bridgehead atoms. The molecular weight excluding hydrogens is 364 g/mol. The first-order valence-electron chi connectivity index (χ1n) is 7.70. The second-order valence-electron chi connectivity index (χ2n) is 5.89. The van der Waals surface area contributed by atoms with Gasteiger partial charge < -0.3 is 10.6 Å². The Morgan fingerprint density at radius 1 is 1.28 bits per heavy atom. The van der Waals surface area contributed by atoms with Crippen molar-refractivity contribution in [1.29, 1.82) is 0 Å². The van der Waals surface area contributed by atoms with Crippen LogP contribution >= 0.6 is 11.6 Å². The molecule has 1 aliphatic rings. The number of nitrogens with one attached hydrogen (secondary N) is 2. The molecule has 1 fully saturated rings. The summed E-state index contributed by atoms with van der Waals surface area (Å²) < 4.78 is 23.0. The minimum atomic E-state index is -3.06. The first-order chi connectivity index (χ1) is 11.8. The molecule has 1 aromatic carbocycles. The molecule has 1 amide bonds.